The number of aromatic nitrogens is 1. The second kappa shape index (κ2) is 6.11. The van der Waals surface area contributed by atoms with Crippen molar-refractivity contribution < 1.29 is 5.11 Å². The van der Waals surface area contributed by atoms with Gasteiger partial charge in [-0.1, -0.05) is 18.3 Å². The van der Waals surface area contributed by atoms with Crippen LogP contribution in [0.15, 0.2) is 18.2 Å². The SMILES string of the molecule is NC(=S)c1cccc(N2CCCC2CCCO)n1. The normalized spacial score (nSPS) is 19.2. The predicted molar refractivity (Wildman–Crippen MR) is 76.8 cm³/mol. The zero-order chi connectivity index (χ0) is 13.0. The summed E-state index contributed by atoms with van der Waals surface area (Å²) in [7, 11) is 0. The molecular formula is C13H19N3OS. The Morgan fingerprint density at radius 1 is 1.56 bits per heavy atom. The maximum absolute atomic E-state index is 8.93. The fraction of sp³-hybridized carbons (Fsp3) is 0.538. The Morgan fingerprint density at radius 2 is 2.39 bits per heavy atom. The summed E-state index contributed by atoms with van der Waals surface area (Å²) < 4.78 is 0. The highest BCUT2D eigenvalue weighted by atomic mass is 32.1. The Bertz CT molecular complexity index is 424. The minimum Gasteiger partial charge on any atom is -0.396 e. The minimum absolute atomic E-state index is 0.255. The summed E-state index contributed by atoms with van der Waals surface area (Å²) in [5.41, 5.74) is 6.29. The predicted octanol–water partition coefficient (Wildman–Crippen LogP) is 1.46. The van der Waals surface area contributed by atoms with E-state index in [4.69, 9.17) is 23.1 Å². The van der Waals surface area contributed by atoms with Gasteiger partial charge in [0.1, 0.15) is 10.8 Å². The van der Waals surface area contributed by atoms with E-state index < -0.39 is 0 Å². The number of nitrogens with two attached hydrogens (primary N) is 1. The third-order valence-electron chi connectivity index (χ3n) is 3.35. The van der Waals surface area contributed by atoms with Gasteiger partial charge in [-0.15, -0.1) is 0 Å². The van der Waals surface area contributed by atoms with Gasteiger partial charge in [0, 0.05) is 19.2 Å². The van der Waals surface area contributed by atoms with E-state index >= 15 is 0 Å². The molecule has 1 saturated heterocycles. The summed E-state index contributed by atoms with van der Waals surface area (Å²) in [5, 5.41) is 8.93. The fourth-order valence-corrected chi connectivity index (χ4v) is 2.60. The lowest BCUT2D eigenvalue weighted by Crippen LogP contribution is -2.30. The lowest BCUT2D eigenvalue weighted by Gasteiger charge is -2.25. The van der Waals surface area contributed by atoms with E-state index in [1.54, 1.807) is 0 Å². The minimum atomic E-state index is 0.255. The number of hydrogen-bond acceptors (Lipinski definition) is 4. The van der Waals surface area contributed by atoms with Crippen molar-refractivity contribution in [3.8, 4) is 0 Å². The first kappa shape index (κ1) is 13.2. The average Bonchev–Trinajstić information content (AvgIpc) is 2.84. The van der Waals surface area contributed by atoms with Crippen LogP contribution in [0, 0.1) is 0 Å². The van der Waals surface area contributed by atoms with Gasteiger partial charge in [-0.25, -0.2) is 4.98 Å². The van der Waals surface area contributed by atoms with Crippen molar-refractivity contribution in [3.05, 3.63) is 23.9 Å². The molecule has 0 saturated carbocycles. The molecule has 4 nitrogen and oxygen atoms in total. The summed E-state index contributed by atoms with van der Waals surface area (Å²) in [4.78, 5) is 7.15. The summed E-state index contributed by atoms with van der Waals surface area (Å²) in [6.45, 7) is 1.27. The molecule has 0 radical (unpaired) electrons. The summed E-state index contributed by atoms with van der Waals surface area (Å²) in [5.74, 6) is 0.945. The van der Waals surface area contributed by atoms with Gasteiger partial charge in [-0.05, 0) is 37.8 Å². The van der Waals surface area contributed by atoms with Crippen LogP contribution in [0.25, 0.3) is 0 Å². The number of nitrogens with zero attached hydrogens (tertiary/aromatic N) is 2. The largest absolute Gasteiger partial charge is 0.396 e. The van der Waals surface area contributed by atoms with Gasteiger partial charge in [0.15, 0.2) is 0 Å². The van der Waals surface area contributed by atoms with Crippen molar-refractivity contribution in [3.63, 3.8) is 0 Å². The maximum atomic E-state index is 8.93. The third kappa shape index (κ3) is 2.97. The quantitative estimate of drug-likeness (QED) is 0.789. The van der Waals surface area contributed by atoms with Crippen LogP contribution in [0.3, 0.4) is 0 Å². The summed E-state index contributed by atoms with van der Waals surface area (Å²) >= 11 is 4.96. The van der Waals surface area contributed by atoms with Crippen LogP contribution < -0.4 is 10.6 Å². The number of aliphatic hydroxyl groups excluding tert-OH is 1. The third-order valence-corrected chi connectivity index (χ3v) is 3.56. The number of anilines is 1. The standard InChI is InChI=1S/C13H19N3OS/c14-13(18)11-6-1-7-12(15-11)16-8-2-4-10(16)5-3-9-17/h1,6-7,10,17H,2-5,8-9H2,(H2,14,18). The Labute approximate surface area is 113 Å². The van der Waals surface area contributed by atoms with Crippen LogP contribution in [0.1, 0.15) is 31.4 Å². The topological polar surface area (TPSA) is 62.4 Å². The molecule has 1 atom stereocenters. The van der Waals surface area contributed by atoms with Gasteiger partial charge in [0.05, 0.1) is 5.69 Å². The highest BCUT2D eigenvalue weighted by Gasteiger charge is 2.25. The first-order valence-electron chi connectivity index (χ1n) is 6.36. The van der Waals surface area contributed by atoms with Crippen LogP contribution in [0.2, 0.25) is 0 Å². The molecule has 1 aliphatic heterocycles. The van der Waals surface area contributed by atoms with Crippen molar-refractivity contribution in [2.45, 2.75) is 31.7 Å². The summed E-state index contributed by atoms with van der Waals surface area (Å²) in [6.07, 6.45) is 4.19. The van der Waals surface area contributed by atoms with Crippen molar-refractivity contribution >= 4 is 23.0 Å². The molecule has 0 amide bonds. The highest BCUT2D eigenvalue weighted by Crippen LogP contribution is 2.26. The Morgan fingerprint density at radius 3 is 3.11 bits per heavy atom. The molecule has 2 heterocycles. The summed E-state index contributed by atoms with van der Waals surface area (Å²) in [6, 6.07) is 6.26. The molecule has 3 N–H and O–H groups in total. The van der Waals surface area contributed by atoms with Crippen LogP contribution >= 0.6 is 12.2 Å². The van der Waals surface area contributed by atoms with Crippen LogP contribution in [0.5, 0.6) is 0 Å². The van der Waals surface area contributed by atoms with E-state index in [9.17, 15) is 0 Å². The molecule has 0 aliphatic carbocycles. The second-order valence-electron chi connectivity index (χ2n) is 4.60. The molecule has 18 heavy (non-hydrogen) atoms. The van der Waals surface area contributed by atoms with E-state index in [1.807, 2.05) is 18.2 Å². The number of pyridine rings is 1. The molecule has 1 aliphatic rings. The molecule has 1 unspecified atom stereocenters. The van der Waals surface area contributed by atoms with Crippen molar-refractivity contribution in [2.24, 2.45) is 5.73 Å². The van der Waals surface area contributed by atoms with Crippen LogP contribution in [0.4, 0.5) is 5.82 Å². The lowest BCUT2D eigenvalue weighted by atomic mass is 10.1. The number of rotatable bonds is 5. The molecule has 1 fully saturated rings. The zero-order valence-electron chi connectivity index (χ0n) is 10.4. The van der Waals surface area contributed by atoms with Gasteiger partial charge in [-0.2, -0.15) is 0 Å². The van der Waals surface area contributed by atoms with Crippen molar-refractivity contribution in [1.29, 1.82) is 0 Å². The second-order valence-corrected chi connectivity index (χ2v) is 5.04. The van der Waals surface area contributed by atoms with E-state index in [1.165, 1.54) is 12.8 Å². The van der Waals surface area contributed by atoms with E-state index in [2.05, 4.69) is 9.88 Å². The Balaban J connectivity index is 2.14. The van der Waals surface area contributed by atoms with Crippen LogP contribution in [-0.2, 0) is 0 Å². The molecule has 0 aromatic carbocycles. The maximum Gasteiger partial charge on any atom is 0.129 e. The monoisotopic (exact) mass is 265 g/mol. The van der Waals surface area contributed by atoms with Gasteiger partial charge < -0.3 is 15.7 Å². The molecule has 0 spiro atoms. The zero-order valence-corrected chi connectivity index (χ0v) is 11.2. The molecule has 5 heteroatoms. The number of thiocarbonyl (C=S) groups is 1. The van der Waals surface area contributed by atoms with Gasteiger partial charge in [-0.3, -0.25) is 0 Å². The highest BCUT2D eigenvalue weighted by molar-refractivity contribution is 7.80. The Kier molecular flexibility index (Phi) is 4.49. The number of aliphatic hydroxyl groups is 1. The Hall–Kier alpha value is -1.20. The number of hydrogen-bond donors (Lipinski definition) is 2. The van der Waals surface area contributed by atoms with Crippen LogP contribution in [-0.4, -0.2) is 34.3 Å². The molecule has 0 bridgehead atoms. The molecular weight excluding hydrogens is 246 g/mol. The van der Waals surface area contributed by atoms with Gasteiger partial charge in [0.25, 0.3) is 0 Å². The van der Waals surface area contributed by atoms with Gasteiger partial charge in [0.2, 0.25) is 0 Å². The van der Waals surface area contributed by atoms with Crippen molar-refractivity contribution in [2.75, 3.05) is 18.1 Å². The molecule has 2 rings (SSSR count). The van der Waals surface area contributed by atoms with E-state index in [-0.39, 0.29) is 6.61 Å². The van der Waals surface area contributed by atoms with Gasteiger partial charge >= 0.3 is 0 Å². The average molecular weight is 265 g/mol. The fourth-order valence-electron chi connectivity index (χ4n) is 2.48. The van der Waals surface area contributed by atoms with E-state index in [0.717, 1.165) is 25.2 Å². The first-order chi connectivity index (χ1) is 8.72. The lowest BCUT2D eigenvalue weighted by molar-refractivity contribution is 0.279. The first-order valence-corrected chi connectivity index (χ1v) is 6.77. The molecule has 1 aromatic rings. The van der Waals surface area contributed by atoms with E-state index in [0.29, 0.717) is 16.7 Å². The van der Waals surface area contributed by atoms with Crippen molar-refractivity contribution in [1.82, 2.24) is 4.98 Å². The molecule has 1 aromatic heterocycles. The smallest absolute Gasteiger partial charge is 0.129 e. The molecule has 98 valence electrons.